The molecule has 3 unspecified atom stereocenters. The average Bonchev–Trinajstić information content (AvgIpc) is 3.25. The molecule has 0 radical (unpaired) electrons. The number of hydrogen-bond donors (Lipinski definition) is 4. The number of carbonyl (C=O) groups is 3. The van der Waals surface area contributed by atoms with Gasteiger partial charge in [-0.05, 0) is 51.4 Å². The van der Waals surface area contributed by atoms with E-state index in [-0.39, 0.29) is 12.8 Å². The van der Waals surface area contributed by atoms with Crippen molar-refractivity contribution in [3.05, 3.63) is 48.6 Å². The van der Waals surface area contributed by atoms with Gasteiger partial charge in [-0.1, -0.05) is 204 Å². The van der Waals surface area contributed by atoms with Crippen LogP contribution in [0.15, 0.2) is 48.6 Å². The molecule has 11 nitrogen and oxygen atoms in total. The summed E-state index contributed by atoms with van der Waals surface area (Å²) in [6.45, 7) is 2.54. The van der Waals surface area contributed by atoms with Gasteiger partial charge in [0.15, 0.2) is 6.04 Å². The Balaban J connectivity index is 3.89. The minimum absolute atomic E-state index is 0.144. The Kier molecular flexibility index (Phi) is 43.2. The van der Waals surface area contributed by atoms with E-state index in [0.29, 0.717) is 19.3 Å². The fourth-order valence-corrected chi connectivity index (χ4v) is 7.55. The first-order valence-corrected chi connectivity index (χ1v) is 26.2. The molecule has 1 amide bonds. The standard InChI is InChI=1S/C50H90NO10P/c1-3-5-7-9-11-13-15-17-19-21-22-23-24-26-27-29-31-33-35-37-39-41-48(53)51-47(50(55)56)45-61-62(57,58)60-44-46(52)43-59-49(54)42-40-38-36-34-32-30-28-25-20-18-16-14-12-10-8-6-4-2/h12,14,18,20,28,30,34,36,46-47,52H,3-11,13,15-17,19,21-27,29,31-33,35,37-45H2,1-2H3,(H,51,53)(H,55,56)(H,57,58)/b14-12-,20-18-,30-28-,36-34-. The van der Waals surface area contributed by atoms with Crippen LogP contribution >= 0.6 is 7.82 Å². The summed E-state index contributed by atoms with van der Waals surface area (Å²) in [6, 6.07) is -1.55. The van der Waals surface area contributed by atoms with Crippen molar-refractivity contribution < 1.29 is 47.8 Å². The lowest BCUT2D eigenvalue weighted by atomic mass is 10.0. The summed E-state index contributed by atoms with van der Waals surface area (Å²) in [7, 11) is -4.77. The van der Waals surface area contributed by atoms with Gasteiger partial charge in [-0.15, -0.1) is 0 Å². The van der Waals surface area contributed by atoms with Crippen molar-refractivity contribution in [3.63, 3.8) is 0 Å². The third kappa shape index (κ3) is 44.1. The molecule has 12 heteroatoms. The fraction of sp³-hybridized carbons (Fsp3) is 0.780. The van der Waals surface area contributed by atoms with Crippen LogP contribution in [0, 0.1) is 0 Å². The molecule has 0 aromatic rings. The molecule has 0 aliphatic heterocycles. The number of rotatable bonds is 46. The van der Waals surface area contributed by atoms with Crippen LogP contribution in [0.3, 0.4) is 0 Å². The topological polar surface area (TPSA) is 169 Å². The molecule has 0 saturated heterocycles. The van der Waals surface area contributed by atoms with E-state index in [0.717, 1.165) is 44.9 Å². The highest BCUT2D eigenvalue weighted by Gasteiger charge is 2.28. The van der Waals surface area contributed by atoms with Crippen molar-refractivity contribution in [2.45, 2.75) is 231 Å². The zero-order valence-electron chi connectivity index (χ0n) is 39.2. The van der Waals surface area contributed by atoms with Gasteiger partial charge in [-0.3, -0.25) is 18.6 Å². The number of carboxylic acid groups (broad SMARTS) is 1. The predicted molar refractivity (Wildman–Crippen MR) is 254 cm³/mol. The SMILES string of the molecule is CCCCC/C=C\C/C=C\C/C=C\C/C=C\CCCC(=O)OCC(O)COP(=O)(O)OCC(NC(=O)CCCCCCCCCCCCCCCCCCCCCCC)C(=O)O. The molecule has 3 atom stereocenters. The Morgan fingerprint density at radius 1 is 0.516 bits per heavy atom. The number of allylic oxidation sites excluding steroid dienone is 8. The second-order valence-corrected chi connectivity index (χ2v) is 18.1. The second-order valence-electron chi connectivity index (χ2n) is 16.7. The first-order chi connectivity index (χ1) is 30.1. The number of unbranched alkanes of at least 4 members (excludes halogenated alkanes) is 24. The fourth-order valence-electron chi connectivity index (χ4n) is 6.78. The van der Waals surface area contributed by atoms with Gasteiger partial charge in [0.1, 0.15) is 12.7 Å². The molecule has 0 aliphatic carbocycles. The number of aliphatic hydroxyl groups excluding tert-OH is 1. The molecule has 0 saturated carbocycles. The van der Waals surface area contributed by atoms with Crippen molar-refractivity contribution >= 4 is 25.7 Å². The van der Waals surface area contributed by atoms with Gasteiger partial charge < -0.3 is 25.2 Å². The highest BCUT2D eigenvalue weighted by atomic mass is 31.2. The van der Waals surface area contributed by atoms with Gasteiger partial charge in [0, 0.05) is 12.8 Å². The summed E-state index contributed by atoms with van der Waals surface area (Å²) in [5.41, 5.74) is 0. The number of esters is 1. The first kappa shape index (κ1) is 59.4. The molecule has 0 fully saturated rings. The van der Waals surface area contributed by atoms with Crippen LogP contribution in [0.25, 0.3) is 0 Å². The van der Waals surface area contributed by atoms with Gasteiger partial charge in [0.05, 0.1) is 13.2 Å². The molecule has 0 rings (SSSR count). The number of amides is 1. The van der Waals surface area contributed by atoms with Gasteiger partial charge in [-0.25, -0.2) is 9.36 Å². The summed E-state index contributed by atoms with van der Waals surface area (Å²) in [5.74, 6) is -2.43. The van der Waals surface area contributed by atoms with Crippen molar-refractivity contribution in [3.8, 4) is 0 Å². The summed E-state index contributed by atoms with van der Waals surface area (Å²) < 4.78 is 26.9. The lowest BCUT2D eigenvalue weighted by molar-refractivity contribution is -0.147. The largest absolute Gasteiger partial charge is 0.480 e. The number of hydrogen-bond acceptors (Lipinski definition) is 8. The van der Waals surface area contributed by atoms with E-state index in [1.54, 1.807) is 0 Å². The van der Waals surface area contributed by atoms with Crippen LogP contribution in [0.1, 0.15) is 219 Å². The lowest BCUT2D eigenvalue weighted by Crippen LogP contribution is -2.43. The average molecular weight is 896 g/mol. The lowest BCUT2D eigenvalue weighted by Gasteiger charge is -2.18. The maximum absolute atomic E-state index is 12.4. The molecule has 360 valence electrons. The van der Waals surface area contributed by atoms with Crippen LogP contribution in [-0.4, -0.2) is 64.9 Å². The number of aliphatic hydroxyl groups is 1. The Bertz CT molecular complexity index is 1240. The first-order valence-electron chi connectivity index (χ1n) is 24.7. The quantitative estimate of drug-likeness (QED) is 0.0200. The van der Waals surface area contributed by atoms with Gasteiger partial charge in [-0.2, -0.15) is 0 Å². The smallest absolute Gasteiger partial charge is 0.472 e. The van der Waals surface area contributed by atoms with Gasteiger partial charge in [0.2, 0.25) is 5.91 Å². The highest BCUT2D eigenvalue weighted by molar-refractivity contribution is 7.47. The number of nitrogens with one attached hydrogen (secondary N) is 1. The molecule has 0 spiro atoms. The summed E-state index contributed by atoms with van der Waals surface area (Å²) in [6.07, 6.45) is 51.4. The predicted octanol–water partition coefficient (Wildman–Crippen LogP) is 13.3. The monoisotopic (exact) mass is 896 g/mol. The van der Waals surface area contributed by atoms with Crippen LogP contribution in [0.5, 0.6) is 0 Å². The molecule has 0 aliphatic rings. The van der Waals surface area contributed by atoms with Crippen molar-refractivity contribution in [1.82, 2.24) is 5.32 Å². The van der Waals surface area contributed by atoms with Crippen molar-refractivity contribution in [2.75, 3.05) is 19.8 Å². The van der Waals surface area contributed by atoms with Crippen LogP contribution in [0.4, 0.5) is 0 Å². The van der Waals surface area contributed by atoms with Crippen LogP contribution < -0.4 is 5.32 Å². The molecule has 0 heterocycles. The molecule has 0 aromatic heterocycles. The molecule has 4 N–H and O–H groups in total. The summed E-state index contributed by atoms with van der Waals surface area (Å²) in [4.78, 5) is 46.0. The Labute approximate surface area is 377 Å². The summed E-state index contributed by atoms with van der Waals surface area (Å²) in [5, 5.41) is 21.9. The Hall–Kier alpha value is -2.56. The van der Waals surface area contributed by atoms with E-state index in [4.69, 9.17) is 13.8 Å². The number of ether oxygens (including phenoxy) is 1. The van der Waals surface area contributed by atoms with Gasteiger partial charge >= 0.3 is 19.8 Å². The minimum Gasteiger partial charge on any atom is -0.480 e. The molecule has 0 bridgehead atoms. The second kappa shape index (κ2) is 45.0. The Morgan fingerprint density at radius 2 is 0.903 bits per heavy atom. The maximum atomic E-state index is 12.4. The molecule has 0 aromatic carbocycles. The van der Waals surface area contributed by atoms with E-state index in [1.165, 1.54) is 128 Å². The minimum atomic E-state index is -4.77. The van der Waals surface area contributed by atoms with Gasteiger partial charge in [0.25, 0.3) is 0 Å². The van der Waals surface area contributed by atoms with E-state index < -0.39 is 57.6 Å². The van der Waals surface area contributed by atoms with Crippen molar-refractivity contribution in [1.29, 1.82) is 0 Å². The number of phosphoric acid groups is 1. The van der Waals surface area contributed by atoms with Crippen molar-refractivity contribution in [2.24, 2.45) is 0 Å². The maximum Gasteiger partial charge on any atom is 0.472 e. The van der Waals surface area contributed by atoms with E-state index in [9.17, 15) is 34.1 Å². The molecule has 62 heavy (non-hydrogen) atoms. The number of carboxylic acids is 1. The van der Waals surface area contributed by atoms with E-state index in [1.807, 2.05) is 12.2 Å². The highest BCUT2D eigenvalue weighted by Crippen LogP contribution is 2.43. The van der Waals surface area contributed by atoms with E-state index >= 15 is 0 Å². The number of aliphatic carboxylic acids is 1. The summed E-state index contributed by atoms with van der Waals surface area (Å²) >= 11 is 0. The Morgan fingerprint density at radius 3 is 1.35 bits per heavy atom. The third-order valence-electron chi connectivity index (χ3n) is 10.6. The van der Waals surface area contributed by atoms with Crippen LogP contribution in [-0.2, 0) is 32.7 Å². The third-order valence-corrected chi connectivity index (χ3v) is 11.6. The molecular formula is C50H90NO10P. The number of phosphoric ester groups is 1. The van der Waals surface area contributed by atoms with E-state index in [2.05, 4.69) is 55.6 Å². The zero-order valence-corrected chi connectivity index (χ0v) is 40.1. The van der Waals surface area contributed by atoms with Crippen LogP contribution in [0.2, 0.25) is 0 Å². The molecular weight excluding hydrogens is 806 g/mol. The number of carbonyl (C=O) groups excluding carboxylic acids is 2. The zero-order chi connectivity index (χ0) is 45.6. The normalized spacial score (nSPS) is 14.0.